The van der Waals surface area contributed by atoms with Crippen molar-refractivity contribution < 1.29 is 19.7 Å². The summed E-state index contributed by atoms with van der Waals surface area (Å²) in [7, 11) is 0. The highest BCUT2D eigenvalue weighted by Gasteiger charge is 2.36. The predicted molar refractivity (Wildman–Crippen MR) is 150 cm³/mol. The lowest BCUT2D eigenvalue weighted by molar-refractivity contribution is -0.0501. The molecular weight excluding hydrogens is 476 g/mol. The number of aliphatic hydroxyl groups excluding tert-OH is 1. The maximum Gasteiger partial charge on any atom is 0.343 e. The third-order valence-electron chi connectivity index (χ3n) is 7.89. The van der Waals surface area contributed by atoms with Crippen molar-refractivity contribution in [2.45, 2.75) is 57.9 Å². The van der Waals surface area contributed by atoms with Crippen LogP contribution in [0.4, 0.5) is 0 Å². The zero-order chi connectivity index (χ0) is 27.1. The molecule has 2 N–H and O–H groups in total. The number of benzene rings is 3. The quantitative estimate of drug-likeness (QED) is 0.287. The first-order valence-electron chi connectivity index (χ1n) is 13.7. The van der Waals surface area contributed by atoms with Gasteiger partial charge in [0.1, 0.15) is 5.75 Å². The van der Waals surface area contributed by atoms with Crippen molar-refractivity contribution in [3.05, 3.63) is 101 Å². The van der Waals surface area contributed by atoms with Crippen molar-refractivity contribution in [3.63, 3.8) is 0 Å². The van der Waals surface area contributed by atoms with Crippen LogP contribution in [0.5, 0.6) is 5.75 Å². The fourth-order valence-electron chi connectivity index (χ4n) is 5.17. The fourth-order valence-corrected chi connectivity index (χ4v) is 5.17. The highest BCUT2D eigenvalue weighted by atomic mass is 16.5. The molecule has 0 spiro atoms. The molecule has 202 valence electrons. The van der Waals surface area contributed by atoms with Gasteiger partial charge >= 0.3 is 5.97 Å². The van der Waals surface area contributed by atoms with Gasteiger partial charge < -0.3 is 14.9 Å². The van der Waals surface area contributed by atoms with Crippen molar-refractivity contribution in [2.24, 2.45) is 0 Å². The van der Waals surface area contributed by atoms with Crippen LogP contribution in [-0.4, -0.2) is 58.2 Å². The molecule has 0 amide bonds. The molecule has 1 saturated heterocycles. The number of hydrogen-bond donors (Lipinski definition) is 2. The van der Waals surface area contributed by atoms with Crippen LogP contribution in [0.25, 0.3) is 0 Å². The van der Waals surface area contributed by atoms with Gasteiger partial charge in [0, 0.05) is 25.7 Å². The summed E-state index contributed by atoms with van der Waals surface area (Å²) in [4.78, 5) is 17.2. The van der Waals surface area contributed by atoms with Gasteiger partial charge in [0.15, 0.2) is 0 Å². The van der Waals surface area contributed by atoms with E-state index >= 15 is 0 Å². The molecule has 6 heteroatoms. The Kier molecular flexibility index (Phi) is 9.34. The number of carbonyl (C=O) groups excluding carboxylic acids is 1. The largest absolute Gasteiger partial charge is 0.423 e. The third-order valence-corrected chi connectivity index (χ3v) is 7.89. The predicted octanol–water partition coefficient (Wildman–Crippen LogP) is 5.15. The van der Waals surface area contributed by atoms with E-state index in [1.54, 1.807) is 36.4 Å². The second-order valence-electron chi connectivity index (χ2n) is 10.2. The average molecular weight is 517 g/mol. The molecule has 3 aromatic rings. The fraction of sp³-hybridized carbons (Fsp3) is 0.406. The van der Waals surface area contributed by atoms with Gasteiger partial charge in [-0.05, 0) is 73.8 Å². The summed E-state index contributed by atoms with van der Waals surface area (Å²) in [6.45, 7) is 10.5. The number of piperidine rings is 1. The molecule has 0 radical (unpaired) electrons. The van der Waals surface area contributed by atoms with E-state index < -0.39 is 17.7 Å². The number of likely N-dealkylation sites (tertiary alicyclic amines) is 1. The monoisotopic (exact) mass is 516 g/mol. The minimum absolute atomic E-state index is 0.112. The summed E-state index contributed by atoms with van der Waals surface area (Å²) in [5, 5.41) is 22.2. The Balaban J connectivity index is 1.31. The second-order valence-corrected chi connectivity index (χ2v) is 10.2. The summed E-state index contributed by atoms with van der Waals surface area (Å²) in [6.07, 6.45) is 0.555. The first-order valence-corrected chi connectivity index (χ1v) is 13.7. The molecule has 4 rings (SSSR count). The van der Waals surface area contributed by atoms with E-state index in [9.17, 15) is 15.0 Å². The van der Waals surface area contributed by atoms with Gasteiger partial charge in [0.2, 0.25) is 0 Å². The summed E-state index contributed by atoms with van der Waals surface area (Å²) < 4.78 is 5.57. The Morgan fingerprint density at radius 2 is 1.55 bits per heavy atom. The first kappa shape index (κ1) is 28.0. The molecule has 0 saturated carbocycles. The lowest BCUT2D eigenvalue weighted by atomic mass is 9.83. The van der Waals surface area contributed by atoms with Crippen LogP contribution in [0.1, 0.15) is 66.8 Å². The van der Waals surface area contributed by atoms with Crippen LogP contribution in [0.3, 0.4) is 0 Å². The average Bonchev–Trinajstić information content (AvgIpc) is 2.96. The van der Waals surface area contributed by atoms with Gasteiger partial charge in [0.05, 0.1) is 17.3 Å². The lowest BCUT2D eigenvalue weighted by Gasteiger charge is -2.42. The molecule has 2 atom stereocenters. The van der Waals surface area contributed by atoms with Gasteiger partial charge in [0.25, 0.3) is 0 Å². The van der Waals surface area contributed by atoms with Crippen LogP contribution < -0.4 is 4.74 Å². The molecule has 1 heterocycles. The molecule has 6 nitrogen and oxygen atoms in total. The van der Waals surface area contributed by atoms with E-state index in [-0.39, 0.29) is 6.04 Å². The summed E-state index contributed by atoms with van der Waals surface area (Å²) in [5.74, 6) is 0.0389. The molecule has 0 bridgehead atoms. The molecule has 0 aliphatic carbocycles. The van der Waals surface area contributed by atoms with E-state index in [4.69, 9.17) is 4.74 Å². The topological polar surface area (TPSA) is 73.2 Å². The first-order chi connectivity index (χ1) is 18.3. The Hall–Kier alpha value is -3.03. The number of nitrogens with zero attached hydrogens (tertiary/aromatic N) is 2. The number of carbonyl (C=O) groups is 1. The maximum absolute atomic E-state index is 12.6. The maximum atomic E-state index is 12.6. The number of hydrogen-bond acceptors (Lipinski definition) is 6. The zero-order valence-corrected chi connectivity index (χ0v) is 22.7. The van der Waals surface area contributed by atoms with Gasteiger partial charge in [-0.25, -0.2) is 4.79 Å². The number of esters is 1. The minimum atomic E-state index is -0.820. The lowest BCUT2D eigenvalue weighted by Crippen LogP contribution is -2.47. The Labute approximate surface area is 226 Å². The Morgan fingerprint density at radius 1 is 0.947 bits per heavy atom. The standard InChI is InChI=1S/C32H40N2O4/c1-4-33(5-2)23-25-11-13-27(14-12-25)31(36)38-29-17-15-26(16-18-29)30(35)24(3)34-21-19-32(37,20-22-34)28-9-7-6-8-10-28/h6-18,24,30,35,37H,4-5,19-23H2,1-3H3/t24-,30+/m0/s1. The van der Waals surface area contributed by atoms with Crippen molar-refractivity contribution in [1.82, 2.24) is 9.80 Å². The molecule has 0 unspecified atom stereocenters. The molecular formula is C32H40N2O4. The highest BCUT2D eigenvalue weighted by molar-refractivity contribution is 5.91. The number of ether oxygens (including phenoxy) is 1. The Bertz CT molecular complexity index is 1150. The molecule has 3 aromatic carbocycles. The van der Waals surface area contributed by atoms with Gasteiger partial charge in [-0.2, -0.15) is 0 Å². The number of rotatable bonds is 10. The normalized spacial score (nSPS) is 17.2. The van der Waals surface area contributed by atoms with Crippen LogP contribution in [0.15, 0.2) is 78.9 Å². The second kappa shape index (κ2) is 12.7. The molecule has 1 aliphatic rings. The number of aliphatic hydroxyl groups is 2. The Morgan fingerprint density at radius 3 is 2.13 bits per heavy atom. The molecule has 1 fully saturated rings. The van der Waals surface area contributed by atoms with E-state index in [1.807, 2.05) is 49.4 Å². The van der Waals surface area contributed by atoms with Gasteiger partial charge in [-0.1, -0.05) is 68.4 Å². The van der Waals surface area contributed by atoms with Crippen LogP contribution in [0, 0.1) is 0 Å². The smallest absolute Gasteiger partial charge is 0.343 e. The van der Waals surface area contributed by atoms with Gasteiger partial charge in [-0.3, -0.25) is 9.80 Å². The highest BCUT2D eigenvalue weighted by Crippen LogP contribution is 2.35. The summed E-state index contributed by atoms with van der Waals surface area (Å²) in [6, 6.07) is 24.3. The minimum Gasteiger partial charge on any atom is -0.423 e. The summed E-state index contributed by atoms with van der Waals surface area (Å²) in [5.41, 5.74) is 2.57. The summed E-state index contributed by atoms with van der Waals surface area (Å²) >= 11 is 0. The third kappa shape index (κ3) is 6.69. The van der Waals surface area contributed by atoms with Crippen LogP contribution in [-0.2, 0) is 12.1 Å². The molecule has 38 heavy (non-hydrogen) atoms. The van der Waals surface area contributed by atoms with Gasteiger partial charge in [-0.15, -0.1) is 0 Å². The van der Waals surface area contributed by atoms with E-state index in [0.29, 0.717) is 37.2 Å². The van der Waals surface area contributed by atoms with E-state index in [0.717, 1.165) is 36.3 Å². The van der Waals surface area contributed by atoms with E-state index in [2.05, 4.69) is 23.6 Å². The molecule has 1 aliphatic heterocycles. The molecule has 0 aromatic heterocycles. The van der Waals surface area contributed by atoms with Crippen molar-refractivity contribution in [2.75, 3.05) is 26.2 Å². The van der Waals surface area contributed by atoms with Crippen LogP contribution in [0.2, 0.25) is 0 Å². The van der Waals surface area contributed by atoms with Crippen molar-refractivity contribution in [3.8, 4) is 5.75 Å². The SMILES string of the molecule is CCN(CC)Cc1ccc(C(=O)Oc2ccc([C@H](O)[C@H](C)N3CCC(O)(c4ccccc4)CC3)cc2)cc1. The van der Waals surface area contributed by atoms with Crippen molar-refractivity contribution in [1.29, 1.82) is 0 Å². The van der Waals surface area contributed by atoms with Crippen molar-refractivity contribution >= 4 is 5.97 Å². The van der Waals surface area contributed by atoms with E-state index in [1.165, 1.54) is 0 Å². The van der Waals surface area contributed by atoms with Crippen LogP contribution >= 0.6 is 0 Å². The zero-order valence-electron chi connectivity index (χ0n) is 22.7.